The molecule has 0 bridgehead atoms. The molecule has 9 nitrogen and oxygen atoms in total. The van der Waals surface area contributed by atoms with Gasteiger partial charge in [0, 0.05) is 24.0 Å². The van der Waals surface area contributed by atoms with Gasteiger partial charge in [0.25, 0.3) is 11.6 Å². The van der Waals surface area contributed by atoms with Crippen molar-refractivity contribution in [3.05, 3.63) is 64.0 Å². The summed E-state index contributed by atoms with van der Waals surface area (Å²) in [5.41, 5.74) is 1.27. The van der Waals surface area contributed by atoms with Crippen LogP contribution in [0.15, 0.2) is 58.3 Å². The Hall–Kier alpha value is -3.53. The van der Waals surface area contributed by atoms with Crippen molar-refractivity contribution in [2.75, 3.05) is 0 Å². The van der Waals surface area contributed by atoms with Crippen LogP contribution in [-0.2, 0) is 4.79 Å². The number of hydrogen-bond acceptors (Lipinski definition) is 6. The summed E-state index contributed by atoms with van der Waals surface area (Å²) in [4.78, 5) is 27.3. The summed E-state index contributed by atoms with van der Waals surface area (Å²) in [6.07, 6.45) is 6.10. The molecule has 3 heterocycles. The van der Waals surface area contributed by atoms with E-state index in [9.17, 15) is 14.9 Å². The Morgan fingerprint density at radius 2 is 2.13 bits per heavy atom. The third-order valence-electron chi connectivity index (χ3n) is 4.63. The molecule has 4 rings (SSSR count). The van der Waals surface area contributed by atoms with E-state index in [0.29, 0.717) is 16.5 Å². The molecule has 0 unspecified atom stereocenters. The van der Waals surface area contributed by atoms with Crippen molar-refractivity contribution in [3.8, 4) is 5.69 Å². The van der Waals surface area contributed by atoms with Crippen LogP contribution in [0.5, 0.6) is 0 Å². The van der Waals surface area contributed by atoms with Crippen LogP contribution in [0.25, 0.3) is 11.8 Å². The van der Waals surface area contributed by atoms with Crippen molar-refractivity contribution in [1.82, 2.24) is 9.58 Å². The molecule has 1 N–H and O–H groups in total. The number of rotatable bonds is 6. The number of nitro benzene ring substituents is 1. The maximum absolute atomic E-state index is 12.6. The molecule has 0 atom stereocenters. The van der Waals surface area contributed by atoms with E-state index < -0.39 is 10.8 Å². The fraction of sp³-hybridized carbons (Fsp3) is 0.200. The minimum Gasteiger partial charge on any atom is -0.317 e. The lowest BCUT2D eigenvalue weighted by atomic mass is 10.1. The number of nitrogens with zero attached hydrogens (tertiary/aromatic N) is 5. The highest BCUT2D eigenvalue weighted by Gasteiger charge is 2.35. The zero-order chi connectivity index (χ0) is 21.3. The normalized spacial score (nSPS) is 17.2. The summed E-state index contributed by atoms with van der Waals surface area (Å²) in [5, 5.41) is 26.6. The molecular weight excluding hydrogens is 404 g/mol. The summed E-state index contributed by atoms with van der Waals surface area (Å²) < 4.78 is 1.72. The highest BCUT2D eigenvalue weighted by molar-refractivity contribution is 8.26. The van der Waals surface area contributed by atoms with Crippen molar-refractivity contribution in [3.63, 3.8) is 0 Å². The summed E-state index contributed by atoms with van der Waals surface area (Å²) in [6.45, 7) is 2.09. The van der Waals surface area contributed by atoms with Crippen molar-refractivity contribution < 1.29 is 9.72 Å². The van der Waals surface area contributed by atoms with Crippen LogP contribution < -0.4 is 0 Å². The van der Waals surface area contributed by atoms with E-state index in [1.807, 2.05) is 0 Å². The standard InChI is InChI=1S/C20H18N6O3S/c1-2-3-9-17-23-25-18(21)16(19(27)22-20(25)30-17)12-14-8-5-10-24(14)13-6-4-7-15(11-13)26(28)29/h4-8,10-12,21H,2-3,9H2,1H3/b16-12+,21-18?. The number of unbranched alkanes of at least 4 members (excludes halogenated alkanes) is 1. The van der Waals surface area contributed by atoms with Gasteiger partial charge in [0.1, 0.15) is 5.04 Å². The van der Waals surface area contributed by atoms with Gasteiger partial charge in [-0.25, -0.2) is 0 Å². The molecule has 2 aliphatic rings. The van der Waals surface area contributed by atoms with E-state index in [-0.39, 0.29) is 17.1 Å². The highest BCUT2D eigenvalue weighted by Crippen LogP contribution is 2.30. The second kappa shape index (κ2) is 8.07. The van der Waals surface area contributed by atoms with Gasteiger partial charge in [0.2, 0.25) is 5.17 Å². The number of carbonyl (C=O) groups is 1. The van der Waals surface area contributed by atoms with Gasteiger partial charge in [-0.05, 0) is 48.9 Å². The molecule has 2 aromatic rings. The third kappa shape index (κ3) is 3.69. The number of non-ortho nitro benzene ring substituents is 1. The molecule has 152 valence electrons. The van der Waals surface area contributed by atoms with Gasteiger partial charge in [-0.15, -0.1) is 0 Å². The van der Waals surface area contributed by atoms with Gasteiger partial charge < -0.3 is 4.57 Å². The minimum atomic E-state index is -0.502. The third-order valence-corrected chi connectivity index (χ3v) is 5.60. The number of amidine groups is 2. The lowest BCUT2D eigenvalue weighted by Gasteiger charge is -2.20. The maximum atomic E-state index is 12.6. The predicted molar refractivity (Wildman–Crippen MR) is 117 cm³/mol. The molecule has 0 radical (unpaired) electrons. The Morgan fingerprint density at radius 3 is 2.90 bits per heavy atom. The molecule has 10 heteroatoms. The van der Waals surface area contributed by atoms with Crippen LogP contribution in [0.3, 0.4) is 0 Å². The molecule has 0 fully saturated rings. The van der Waals surface area contributed by atoms with E-state index >= 15 is 0 Å². The summed E-state index contributed by atoms with van der Waals surface area (Å²) in [6, 6.07) is 9.74. The van der Waals surface area contributed by atoms with Crippen LogP contribution in [0, 0.1) is 15.5 Å². The fourth-order valence-corrected chi connectivity index (χ4v) is 4.04. The Kier molecular flexibility index (Phi) is 5.32. The van der Waals surface area contributed by atoms with Crippen molar-refractivity contribution in [1.29, 1.82) is 5.41 Å². The first-order valence-corrected chi connectivity index (χ1v) is 10.2. The summed E-state index contributed by atoms with van der Waals surface area (Å²) in [5.74, 6) is -0.534. The smallest absolute Gasteiger partial charge is 0.283 e. The molecule has 0 saturated heterocycles. The molecule has 1 aromatic carbocycles. The number of nitrogens with one attached hydrogen (secondary N) is 1. The lowest BCUT2D eigenvalue weighted by molar-refractivity contribution is -0.384. The number of benzene rings is 1. The van der Waals surface area contributed by atoms with Gasteiger partial charge in [-0.3, -0.25) is 20.3 Å². The van der Waals surface area contributed by atoms with E-state index in [4.69, 9.17) is 5.41 Å². The number of aliphatic imine (C=N–C) groups is 1. The number of hydrazone groups is 1. The molecule has 0 saturated carbocycles. The Labute approximate surface area is 176 Å². The molecular formula is C20H18N6O3S. The topological polar surface area (TPSA) is 117 Å². The second-order valence-corrected chi connectivity index (χ2v) is 7.74. The largest absolute Gasteiger partial charge is 0.317 e. The van der Waals surface area contributed by atoms with Gasteiger partial charge in [-0.2, -0.15) is 15.1 Å². The summed E-state index contributed by atoms with van der Waals surface area (Å²) in [7, 11) is 0. The van der Waals surface area contributed by atoms with Crippen LogP contribution in [0.4, 0.5) is 5.69 Å². The van der Waals surface area contributed by atoms with Crippen molar-refractivity contribution in [2.24, 2.45) is 10.1 Å². The predicted octanol–water partition coefficient (Wildman–Crippen LogP) is 4.19. The number of aromatic nitrogens is 1. The molecule has 2 aliphatic heterocycles. The zero-order valence-electron chi connectivity index (χ0n) is 16.1. The van der Waals surface area contributed by atoms with E-state index in [2.05, 4.69) is 17.0 Å². The van der Waals surface area contributed by atoms with E-state index in [1.54, 1.807) is 41.1 Å². The Balaban J connectivity index is 1.67. The highest BCUT2D eigenvalue weighted by atomic mass is 32.2. The van der Waals surface area contributed by atoms with E-state index in [0.717, 1.165) is 24.3 Å². The SMILES string of the molecule is CCCCC1=NN2C(=N)/C(=C\c3cccn3-c3cccc([N+](=O)[O-])c3)C(=O)N=C2S1. The first-order chi connectivity index (χ1) is 14.5. The quantitative estimate of drug-likeness (QED) is 0.425. The van der Waals surface area contributed by atoms with E-state index in [1.165, 1.54) is 28.9 Å². The average molecular weight is 422 g/mol. The number of carbonyl (C=O) groups excluding carboxylic acids is 1. The molecule has 0 spiro atoms. The van der Waals surface area contributed by atoms with Crippen LogP contribution in [0.1, 0.15) is 31.9 Å². The summed E-state index contributed by atoms with van der Waals surface area (Å²) >= 11 is 1.32. The van der Waals surface area contributed by atoms with Crippen molar-refractivity contribution >= 4 is 45.5 Å². The first-order valence-electron chi connectivity index (χ1n) is 9.39. The van der Waals surface area contributed by atoms with Gasteiger partial charge in [0.15, 0.2) is 5.84 Å². The van der Waals surface area contributed by atoms with Gasteiger partial charge >= 0.3 is 0 Å². The molecule has 0 aliphatic carbocycles. The molecule has 1 aromatic heterocycles. The number of thioether (sulfide) groups is 1. The number of nitro groups is 1. The fourth-order valence-electron chi connectivity index (χ4n) is 3.11. The van der Waals surface area contributed by atoms with Gasteiger partial charge in [0.05, 0.1) is 16.2 Å². The first kappa shape index (κ1) is 19.8. The second-order valence-electron chi connectivity index (χ2n) is 6.70. The molecule has 30 heavy (non-hydrogen) atoms. The van der Waals surface area contributed by atoms with Crippen LogP contribution >= 0.6 is 11.8 Å². The van der Waals surface area contributed by atoms with Crippen LogP contribution in [0.2, 0.25) is 0 Å². The van der Waals surface area contributed by atoms with Crippen LogP contribution in [-0.4, -0.2) is 36.5 Å². The number of fused-ring (bicyclic) bond motifs is 1. The maximum Gasteiger partial charge on any atom is 0.283 e. The lowest BCUT2D eigenvalue weighted by Crippen LogP contribution is -2.35. The van der Waals surface area contributed by atoms with Gasteiger partial charge in [-0.1, -0.05) is 19.4 Å². The molecule has 1 amide bonds. The monoisotopic (exact) mass is 422 g/mol. The van der Waals surface area contributed by atoms with Crippen molar-refractivity contribution in [2.45, 2.75) is 26.2 Å². The Bertz CT molecular complexity index is 1150. The number of hydrogen-bond donors (Lipinski definition) is 1. The zero-order valence-corrected chi connectivity index (χ0v) is 16.9. The Morgan fingerprint density at radius 1 is 1.30 bits per heavy atom. The number of amides is 1. The minimum absolute atomic E-state index is 0.0291. The average Bonchev–Trinajstić information content (AvgIpc) is 3.36.